The highest BCUT2D eigenvalue weighted by Crippen LogP contribution is 2.27. The second-order valence-corrected chi connectivity index (χ2v) is 5.06. The normalized spacial score (nSPS) is 14.6. The third-order valence-corrected chi connectivity index (χ3v) is 3.46. The van der Waals surface area contributed by atoms with Crippen LogP contribution in [0.1, 0.15) is 18.4 Å². The van der Waals surface area contributed by atoms with Crippen molar-refractivity contribution in [3.8, 4) is 11.1 Å². The lowest BCUT2D eigenvalue weighted by Crippen LogP contribution is -2.16. The first-order valence-corrected chi connectivity index (χ1v) is 6.61. The molecule has 0 radical (unpaired) electrons. The van der Waals surface area contributed by atoms with Gasteiger partial charge in [-0.2, -0.15) is 0 Å². The van der Waals surface area contributed by atoms with E-state index in [1.807, 2.05) is 0 Å². The molecule has 0 atom stereocenters. The van der Waals surface area contributed by atoms with Crippen LogP contribution in [-0.4, -0.2) is 6.04 Å². The smallest absolute Gasteiger partial charge is 0.133 e. The molecule has 2 aromatic carbocycles. The molecule has 1 aliphatic carbocycles. The van der Waals surface area contributed by atoms with Gasteiger partial charge in [-0.3, -0.25) is 0 Å². The molecule has 0 aliphatic heterocycles. The zero-order valence-electron chi connectivity index (χ0n) is 10.8. The maximum atomic E-state index is 14.0. The van der Waals surface area contributed by atoms with Crippen LogP contribution in [0.15, 0.2) is 36.4 Å². The van der Waals surface area contributed by atoms with Crippen LogP contribution in [0.3, 0.4) is 0 Å². The van der Waals surface area contributed by atoms with E-state index in [0.29, 0.717) is 18.2 Å². The Kier molecular flexibility index (Phi) is 3.49. The molecule has 0 saturated heterocycles. The molecule has 1 fully saturated rings. The Bertz CT molecular complexity index is 615. The molecule has 0 aromatic heterocycles. The molecule has 0 unspecified atom stereocenters. The maximum absolute atomic E-state index is 14.0. The standard InChI is InChI=1S/C16H14F3N/c17-13-2-1-3-14(18)16(13)10-4-5-11(15(19)8-10)9-20-12-6-7-12/h1-5,8,12,20H,6-7,9H2. The number of hydrogen-bond donors (Lipinski definition) is 1. The molecule has 0 bridgehead atoms. The van der Waals surface area contributed by atoms with E-state index in [2.05, 4.69) is 5.32 Å². The third-order valence-electron chi connectivity index (χ3n) is 3.46. The lowest BCUT2D eigenvalue weighted by molar-refractivity contribution is 0.582. The van der Waals surface area contributed by atoms with Crippen molar-refractivity contribution in [1.82, 2.24) is 5.32 Å². The van der Waals surface area contributed by atoms with Crippen molar-refractivity contribution in [2.24, 2.45) is 0 Å². The van der Waals surface area contributed by atoms with Gasteiger partial charge in [-0.25, -0.2) is 13.2 Å². The predicted octanol–water partition coefficient (Wildman–Crippen LogP) is 4.02. The van der Waals surface area contributed by atoms with Crippen LogP contribution in [0.25, 0.3) is 11.1 Å². The van der Waals surface area contributed by atoms with E-state index in [1.165, 1.54) is 24.3 Å². The van der Waals surface area contributed by atoms with Gasteiger partial charge in [-0.1, -0.05) is 18.2 Å². The van der Waals surface area contributed by atoms with E-state index in [-0.39, 0.29) is 11.1 Å². The lowest BCUT2D eigenvalue weighted by Gasteiger charge is -2.09. The number of hydrogen-bond acceptors (Lipinski definition) is 1. The number of benzene rings is 2. The van der Waals surface area contributed by atoms with E-state index in [0.717, 1.165) is 12.8 Å². The Balaban J connectivity index is 1.89. The molecule has 2 aromatic rings. The van der Waals surface area contributed by atoms with Crippen LogP contribution >= 0.6 is 0 Å². The highest BCUT2D eigenvalue weighted by atomic mass is 19.1. The molecule has 1 nitrogen and oxygen atoms in total. The largest absolute Gasteiger partial charge is 0.310 e. The minimum absolute atomic E-state index is 0.187. The van der Waals surface area contributed by atoms with Crippen LogP contribution in [0, 0.1) is 17.5 Å². The quantitative estimate of drug-likeness (QED) is 0.890. The molecule has 3 rings (SSSR count). The zero-order chi connectivity index (χ0) is 14.1. The molecular formula is C16H14F3N. The van der Waals surface area contributed by atoms with E-state index >= 15 is 0 Å². The van der Waals surface area contributed by atoms with Gasteiger partial charge in [0.1, 0.15) is 17.5 Å². The average Bonchev–Trinajstić information content (AvgIpc) is 3.21. The van der Waals surface area contributed by atoms with Gasteiger partial charge in [0.2, 0.25) is 0 Å². The van der Waals surface area contributed by atoms with Crippen molar-refractivity contribution in [1.29, 1.82) is 0 Å². The Hall–Kier alpha value is -1.81. The molecule has 0 spiro atoms. The lowest BCUT2D eigenvalue weighted by atomic mass is 10.0. The third kappa shape index (κ3) is 2.70. The van der Waals surface area contributed by atoms with Gasteiger partial charge in [0.25, 0.3) is 0 Å². The number of rotatable bonds is 4. The summed E-state index contributed by atoms with van der Waals surface area (Å²) >= 11 is 0. The summed E-state index contributed by atoms with van der Waals surface area (Å²) in [6.07, 6.45) is 2.25. The van der Waals surface area contributed by atoms with Gasteiger partial charge in [0.15, 0.2) is 0 Å². The van der Waals surface area contributed by atoms with Gasteiger partial charge in [0.05, 0.1) is 5.56 Å². The Morgan fingerprint density at radius 2 is 1.65 bits per heavy atom. The predicted molar refractivity (Wildman–Crippen MR) is 71.6 cm³/mol. The zero-order valence-corrected chi connectivity index (χ0v) is 10.8. The molecule has 4 heteroatoms. The van der Waals surface area contributed by atoms with Crippen LogP contribution in [0.2, 0.25) is 0 Å². The second-order valence-electron chi connectivity index (χ2n) is 5.06. The first kappa shape index (κ1) is 13.2. The maximum Gasteiger partial charge on any atom is 0.133 e. The van der Waals surface area contributed by atoms with E-state index in [1.54, 1.807) is 12.1 Å². The molecule has 1 aliphatic rings. The summed E-state index contributed by atoms with van der Waals surface area (Å²) in [5.41, 5.74) is 0.541. The van der Waals surface area contributed by atoms with Gasteiger partial charge in [0, 0.05) is 18.2 Å². The fraction of sp³-hybridized carbons (Fsp3) is 0.250. The molecule has 1 N–H and O–H groups in total. The highest BCUT2D eigenvalue weighted by molar-refractivity contribution is 5.65. The van der Waals surface area contributed by atoms with Crippen molar-refractivity contribution >= 4 is 0 Å². The molecule has 20 heavy (non-hydrogen) atoms. The SMILES string of the molecule is Fc1cc(-c2c(F)cccc2F)ccc1CNC1CC1. The van der Waals surface area contributed by atoms with E-state index in [9.17, 15) is 13.2 Å². The minimum atomic E-state index is -0.687. The van der Waals surface area contributed by atoms with Crippen molar-refractivity contribution in [3.63, 3.8) is 0 Å². The monoisotopic (exact) mass is 277 g/mol. The molecule has 0 heterocycles. The summed E-state index contributed by atoms with van der Waals surface area (Å²) in [5, 5.41) is 3.21. The summed E-state index contributed by atoms with van der Waals surface area (Å²) in [6.45, 7) is 0.441. The van der Waals surface area contributed by atoms with Gasteiger partial charge < -0.3 is 5.32 Å². The van der Waals surface area contributed by atoms with Crippen LogP contribution in [0.5, 0.6) is 0 Å². The minimum Gasteiger partial charge on any atom is -0.310 e. The molecule has 0 amide bonds. The fourth-order valence-electron chi connectivity index (χ4n) is 2.16. The summed E-state index contributed by atoms with van der Waals surface area (Å²) in [4.78, 5) is 0. The Labute approximate surface area is 115 Å². The van der Waals surface area contributed by atoms with Gasteiger partial charge in [-0.05, 0) is 36.6 Å². The Morgan fingerprint density at radius 1 is 0.950 bits per heavy atom. The van der Waals surface area contributed by atoms with Crippen molar-refractivity contribution < 1.29 is 13.2 Å². The topological polar surface area (TPSA) is 12.0 Å². The van der Waals surface area contributed by atoms with Gasteiger partial charge in [-0.15, -0.1) is 0 Å². The molecule has 1 saturated carbocycles. The van der Waals surface area contributed by atoms with E-state index < -0.39 is 17.5 Å². The summed E-state index contributed by atoms with van der Waals surface area (Å²) < 4.78 is 41.3. The summed E-state index contributed by atoms with van der Waals surface area (Å²) in [7, 11) is 0. The second kappa shape index (κ2) is 5.29. The Morgan fingerprint density at radius 3 is 2.25 bits per heavy atom. The van der Waals surface area contributed by atoms with Gasteiger partial charge >= 0.3 is 0 Å². The summed E-state index contributed by atoms with van der Waals surface area (Å²) in [5.74, 6) is -1.82. The van der Waals surface area contributed by atoms with Crippen LogP contribution in [0.4, 0.5) is 13.2 Å². The first-order valence-electron chi connectivity index (χ1n) is 6.61. The fourth-order valence-corrected chi connectivity index (χ4v) is 2.16. The average molecular weight is 277 g/mol. The highest BCUT2D eigenvalue weighted by Gasteiger charge is 2.20. The number of nitrogens with one attached hydrogen (secondary N) is 1. The molecular weight excluding hydrogens is 263 g/mol. The summed E-state index contributed by atoms with van der Waals surface area (Å²) in [6, 6.07) is 8.42. The molecule has 104 valence electrons. The van der Waals surface area contributed by atoms with E-state index in [4.69, 9.17) is 0 Å². The number of halogens is 3. The van der Waals surface area contributed by atoms with Crippen LogP contribution < -0.4 is 5.32 Å². The van der Waals surface area contributed by atoms with Crippen molar-refractivity contribution in [2.45, 2.75) is 25.4 Å². The van der Waals surface area contributed by atoms with Crippen molar-refractivity contribution in [2.75, 3.05) is 0 Å². The first-order chi connectivity index (χ1) is 9.65. The van der Waals surface area contributed by atoms with Crippen LogP contribution in [-0.2, 0) is 6.54 Å². The van der Waals surface area contributed by atoms with Crippen molar-refractivity contribution in [3.05, 3.63) is 59.4 Å².